The number of rotatable bonds is 4. The number of para-hydroxylation sites is 1. The molecule has 1 saturated heterocycles. The molecule has 1 spiro atoms. The molecule has 0 radical (unpaired) electrons. The summed E-state index contributed by atoms with van der Waals surface area (Å²) in [5, 5.41) is 22.7. The minimum atomic E-state index is -0.123. The Hall–Kier alpha value is -1.59. The monoisotopic (exact) mass is 359 g/mol. The van der Waals surface area contributed by atoms with E-state index < -0.39 is 0 Å². The molecular formula is C21H29NO4. The van der Waals surface area contributed by atoms with Crippen molar-refractivity contribution in [3.05, 3.63) is 29.8 Å². The molecule has 4 rings (SSSR count). The van der Waals surface area contributed by atoms with Gasteiger partial charge in [0.05, 0.1) is 12.7 Å². The second-order valence-corrected chi connectivity index (χ2v) is 8.87. The Labute approximate surface area is 154 Å². The Morgan fingerprint density at radius 3 is 2.85 bits per heavy atom. The van der Waals surface area contributed by atoms with Gasteiger partial charge < -0.3 is 20.3 Å². The second kappa shape index (κ2) is 6.24. The number of ether oxygens (including phenoxy) is 1. The number of aliphatic hydroxyl groups is 1. The molecule has 5 heteroatoms. The van der Waals surface area contributed by atoms with E-state index in [9.17, 15) is 9.90 Å². The summed E-state index contributed by atoms with van der Waals surface area (Å²) in [4.78, 5) is 12.3. The molecule has 3 fully saturated rings. The molecule has 3 aliphatic rings. The van der Waals surface area contributed by atoms with Crippen molar-refractivity contribution in [2.45, 2.75) is 51.7 Å². The van der Waals surface area contributed by atoms with Crippen molar-refractivity contribution < 1.29 is 19.7 Å². The first-order chi connectivity index (χ1) is 12.4. The van der Waals surface area contributed by atoms with Crippen LogP contribution in [0.3, 0.4) is 0 Å². The topological polar surface area (TPSA) is 78.8 Å². The lowest BCUT2D eigenvalue weighted by Gasteiger charge is -2.53. The van der Waals surface area contributed by atoms with Gasteiger partial charge in [0.2, 0.25) is 5.91 Å². The summed E-state index contributed by atoms with van der Waals surface area (Å²) < 4.78 is 6.16. The third-order valence-electron chi connectivity index (χ3n) is 7.39. The Kier molecular flexibility index (Phi) is 4.27. The van der Waals surface area contributed by atoms with E-state index in [0.29, 0.717) is 18.4 Å². The summed E-state index contributed by atoms with van der Waals surface area (Å²) in [5.74, 6) is 1.04. The quantitative estimate of drug-likeness (QED) is 0.772. The van der Waals surface area contributed by atoms with Gasteiger partial charge in [-0.2, -0.15) is 0 Å². The van der Waals surface area contributed by atoms with E-state index in [1.54, 1.807) is 6.07 Å². The Morgan fingerprint density at radius 2 is 2.12 bits per heavy atom. The third kappa shape index (κ3) is 2.48. The third-order valence-corrected chi connectivity index (χ3v) is 7.39. The van der Waals surface area contributed by atoms with Gasteiger partial charge in [0.25, 0.3) is 0 Å². The number of carbonyl (C=O) groups excluding carboxylic acids is 1. The second-order valence-electron chi connectivity index (χ2n) is 8.87. The van der Waals surface area contributed by atoms with Crippen molar-refractivity contribution in [1.82, 2.24) is 5.32 Å². The number of fused-ring (bicyclic) bond motifs is 1. The molecule has 0 aromatic heterocycles. The number of hydrogen-bond acceptors (Lipinski definition) is 4. The SMILES string of the molecule is CC1(C)[C@@H]2C[C@@H]3[C@@H](c4ccccc4O)OCC[C@@]3(C2)[C@@H]1NC(=O)CCO. The molecule has 2 bridgehead atoms. The molecule has 3 N–H and O–H groups in total. The number of phenols is 1. The number of amides is 1. The van der Waals surface area contributed by atoms with Gasteiger partial charge >= 0.3 is 0 Å². The highest BCUT2D eigenvalue weighted by Gasteiger charge is 2.68. The van der Waals surface area contributed by atoms with Gasteiger partial charge in [0.1, 0.15) is 5.75 Å². The summed E-state index contributed by atoms with van der Waals surface area (Å²) >= 11 is 0. The van der Waals surface area contributed by atoms with Crippen LogP contribution < -0.4 is 5.32 Å². The van der Waals surface area contributed by atoms with Crippen LogP contribution in [0.2, 0.25) is 0 Å². The molecule has 0 unspecified atom stereocenters. The lowest BCUT2D eigenvalue weighted by atomic mass is 9.58. The lowest BCUT2D eigenvalue weighted by molar-refractivity contribution is -0.138. The first-order valence-electron chi connectivity index (χ1n) is 9.70. The number of hydrogen-bond donors (Lipinski definition) is 3. The van der Waals surface area contributed by atoms with E-state index in [2.05, 4.69) is 19.2 Å². The fourth-order valence-corrected chi connectivity index (χ4v) is 6.16. The van der Waals surface area contributed by atoms with Crippen LogP contribution in [0.1, 0.15) is 51.2 Å². The van der Waals surface area contributed by atoms with E-state index in [1.165, 1.54) is 0 Å². The molecule has 5 nitrogen and oxygen atoms in total. The van der Waals surface area contributed by atoms with E-state index in [-0.39, 0.29) is 47.7 Å². The maximum Gasteiger partial charge on any atom is 0.222 e. The van der Waals surface area contributed by atoms with E-state index in [4.69, 9.17) is 9.84 Å². The summed E-state index contributed by atoms with van der Waals surface area (Å²) in [6, 6.07) is 7.53. The van der Waals surface area contributed by atoms with Crippen LogP contribution in [-0.2, 0) is 9.53 Å². The van der Waals surface area contributed by atoms with Gasteiger partial charge in [0.15, 0.2) is 0 Å². The number of benzene rings is 1. The van der Waals surface area contributed by atoms with Crippen molar-refractivity contribution >= 4 is 5.91 Å². The van der Waals surface area contributed by atoms with Crippen LogP contribution in [-0.4, -0.2) is 35.4 Å². The average molecular weight is 359 g/mol. The number of aliphatic hydroxyl groups excluding tert-OH is 1. The molecule has 1 aromatic carbocycles. The number of phenolic OH excluding ortho intramolecular Hbond substituents is 1. The van der Waals surface area contributed by atoms with E-state index >= 15 is 0 Å². The smallest absolute Gasteiger partial charge is 0.222 e. The number of aromatic hydroxyl groups is 1. The molecule has 142 valence electrons. The summed E-state index contributed by atoms with van der Waals surface area (Å²) in [6.07, 6.45) is 3.13. The van der Waals surface area contributed by atoms with Gasteiger partial charge in [-0.3, -0.25) is 4.79 Å². The summed E-state index contributed by atoms with van der Waals surface area (Å²) in [5.41, 5.74) is 0.898. The molecule has 1 heterocycles. The zero-order valence-corrected chi connectivity index (χ0v) is 15.6. The Balaban J connectivity index is 1.68. The minimum absolute atomic E-state index is 0.00444. The number of nitrogens with one attached hydrogen (secondary N) is 1. The van der Waals surface area contributed by atoms with Crippen molar-refractivity contribution in [2.75, 3.05) is 13.2 Å². The largest absolute Gasteiger partial charge is 0.508 e. The first kappa shape index (κ1) is 17.8. The molecular weight excluding hydrogens is 330 g/mol. The van der Waals surface area contributed by atoms with Crippen LogP contribution in [0.15, 0.2) is 24.3 Å². The highest BCUT2D eigenvalue weighted by Crippen LogP contribution is 2.70. The van der Waals surface area contributed by atoms with Gasteiger partial charge in [-0.05, 0) is 48.0 Å². The Morgan fingerprint density at radius 1 is 1.35 bits per heavy atom. The summed E-state index contributed by atoms with van der Waals surface area (Å²) in [6.45, 7) is 5.04. The predicted molar refractivity (Wildman–Crippen MR) is 97.5 cm³/mol. The minimum Gasteiger partial charge on any atom is -0.508 e. The van der Waals surface area contributed by atoms with Crippen molar-refractivity contribution in [2.24, 2.45) is 22.7 Å². The van der Waals surface area contributed by atoms with Crippen molar-refractivity contribution in [3.8, 4) is 5.75 Å². The zero-order valence-electron chi connectivity index (χ0n) is 15.6. The first-order valence-corrected chi connectivity index (χ1v) is 9.70. The van der Waals surface area contributed by atoms with Gasteiger partial charge in [-0.1, -0.05) is 32.0 Å². The van der Waals surface area contributed by atoms with Crippen LogP contribution >= 0.6 is 0 Å². The maximum absolute atomic E-state index is 12.3. The predicted octanol–water partition coefficient (Wildman–Crippen LogP) is 2.77. The maximum atomic E-state index is 12.3. The van der Waals surface area contributed by atoms with Crippen LogP contribution in [0.25, 0.3) is 0 Å². The molecule has 1 amide bonds. The fraction of sp³-hybridized carbons (Fsp3) is 0.667. The van der Waals surface area contributed by atoms with Gasteiger partial charge in [-0.25, -0.2) is 0 Å². The van der Waals surface area contributed by atoms with Crippen LogP contribution in [0, 0.1) is 22.7 Å². The van der Waals surface area contributed by atoms with Crippen LogP contribution in [0.4, 0.5) is 0 Å². The van der Waals surface area contributed by atoms with Crippen LogP contribution in [0.5, 0.6) is 5.75 Å². The molecule has 26 heavy (non-hydrogen) atoms. The van der Waals surface area contributed by atoms with Gasteiger partial charge in [0, 0.05) is 24.6 Å². The summed E-state index contributed by atoms with van der Waals surface area (Å²) in [7, 11) is 0. The average Bonchev–Trinajstić information content (AvgIpc) is 3.09. The normalized spacial score (nSPS) is 37.3. The van der Waals surface area contributed by atoms with Crippen molar-refractivity contribution in [1.29, 1.82) is 0 Å². The van der Waals surface area contributed by atoms with Gasteiger partial charge in [-0.15, -0.1) is 0 Å². The Bertz CT molecular complexity index is 703. The van der Waals surface area contributed by atoms with E-state index in [0.717, 1.165) is 24.8 Å². The number of carbonyl (C=O) groups is 1. The molecule has 5 atom stereocenters. The van der Waals surface area contributed by atoms with E-state index in [1.807, 2.05) is 18.2 Å². The standard InChI is InChI=1S/C21H29NO4/c1-20(2)13-11-15-18(14-5-3-4-6-16(14)24)26-10-8-21(15,12-13)19(20)22-17(25)7-9-23/h3-6,13,15,18-19,23-24H,7-12H2,1-2H3,(H,22,25)/t13-,15-,18-,19-,21+/m1/s1. The fourth-order valence-electron chi connectivity index (χ4n) is 6.16. The molecule has 1 aromatic rings. The zero-order chi connectivity index (χ0) is 18.5. The molecule has 2 aliphatic carbocycles. The highest BCUT2D eigenvalue weighted by molar-refractivity contribution is 5.76. The molecule has 2 saturated carbocycles. The van der Waals surface area contributed by atoms with Crippen molar-refractivity contribution in [3.63, 3.8) is 0 Å². The molecule has 1 aliphatic heterocycles. The highest BCUT2D eigenvalue weighted by atomic mass is 16.5. The lowest BCUT2D eigenvalue weighted by Crippen LogP contribution is -2.59.